The molecule has 2 aromatic carbocycles. The number of aromatic amines is 1. The molecule has 3 aromatic rings. The van der Waals surface area contributed by atoms with E-state index in [1.165, 1.54) is 17.3 Å². The Labute approximate surface area is 160 Å². The lowest BCUT2D eigenvalue weighted by Gasteiger charge is -2.06. The van der Waals surface area contributed by atoms with Crippen LogP contribution in [0.25, 0.3) is 11.0 Å². The third-order valence-electron chi connectivity index (χ3n) is 3.69. The molecule has 0 bridgehead atoms. The first-order valence-electron chi connectivity index (χ1n) is 7.81. The van der Waals surface area contributed by atoms with Crippen LogP contribution in [0.4, 0.5) is 0 Å². The second-order valence-corrected chi connectivity index (χ2v) is 7.49. The highest BCUT2D eigenvalue weighted by atomic mass is 35.5. The van der Waals surface area contributed by atoms with Crippen LogP contribution in [0.15, 0.2) is 41.6 Å². The lowest BCUT2D eigenvalue weighted by atomic mass is 10.1. The predicted molar refractivity (Wildman–Crippen MR) is 105 cm³/mol. The van der Waals surface area contributed by atoms with Crippen molar-refractivity contribution in [3.8, 4) is 0 Å². The molecule has 1 amide bonds. The van der Waals surface area contributed by atoms with E-state index in [2.05, 4.69) is 15.3 Å². The molecule has 1 heterocycles. The highest BCUT2D eigenvalue weighted by molar-refractivity contribution is 7.99. The average Bonchev–Trinajstić information content (AvgIpc) is 2.97. The molecule has 0 spiro atoms. The van der Waals surface area contributed by atoms with E-state index >= 15 is 0 Å². The molecule has 0 aliphatic rings. The van der Waals surface area contributed by atoms with Gasteiger partial charge >= 0.3 is 0 Å². The molecule has 130 valence electrons. The van der Waals surface area contributed by atoms with Crippen LogP contribution in [-0.2, 0) is 11.2 Å². The van der Waals surface area contributed by atoms with Gasteiger partial charge in [-0.3, -0.25) is 4.79 Å². The number of aromatic nitrogens is 2. The van der Waals surface area contributed by atoms with Crippen LogP contribution in [0.5, 0.6) is 0 Å². The van der Waals surface area contributed by atoms with Crippen molar-refractivity contribution in [1.82, 2.24) is 15.3 Å². The van der Waals surface area contributed by atoms with Gasteiger partial charge in [-0.05, 0) is 48.7 Å². The number of rotatable bonds is 6. The van der Waals surface area contributed by atoms with Crippen LogP contribution in [-0.4, -0.2) is 28.2 Å². The number of hydrogen-bond donors (Lipinski definition) is 2. The van der Waals surface area contributed by atoms with Gasteiger partial charge in [-0.25, -0.2) is 4.98 Å². The van der Waals surface area contributed by atoms with E-state index in [-0.39, 0.29) is 5.91 Å². The second-order valence-electron chi connectivity index (χ2n) is 5.69. The zero-order valence-corrected chi connectivity index (χ0v) is 15.9. The molecule has 0 aliphatic heterocycles. The van der Waals surface area contributed by atoms with Gasteiger partial charge in [0.2, 0.25) is 5.91 Å². The number of carbonyl (C=O) groups excluding carboxylic acids is 1. The third kappa shape index (κ3) is 4.91. The number of nitrogens with one attached hydrogen (secondary N) is 2. The number of nitrogens with zero attached hydrogens (tertiary/aromatic N) is 1. The SMILES string of the molecule is Cc1ccc2nc(SCC(=O)NCCc3ccc(Cl)cc3Cl)[nH]c2c1. The van der Waals surface area contributed by atoms with Gasteiger partial charge in [0.15, 0.2) is 5.16 Å². The first-order chi connectivity index (χ1) is 12.0. The number of aryl methyl sites for hydroxylation is 1. The Morgan fingerprint density at radius 2 is 2.08 bits per heavy atom. The molecule has 1 aromatic heterocycles. The van der Waals surface area contributed by atoms with Crippen molar-refractivity contribution in [1.29, 1.82) is 0 Å². The quantitative estimate of drug-likeness (QED) is 0.600. The summed E-state index contributed by atoms with van der Waals surface area (Å²) in [7, 11) is 0. The normalized spacial score (nSPS) is 11.0. The Morgan fingerprint density at radius 3 is 2.88 bits per heavy atom. The zero-order valence-electron chi connectivity index (χ0n) is 13.6. The van der Waals surface area contributed by atoms with Crippen LogP contribution in [0.3, 0.4) is 0 Å². The molecule has 0 unspecified atom stereocenters. The maximum atomic E-state index is 12.0. The summed E-state index contributed by atoms with van der Waals surface area (Å²) < 4.78 is 0. The minimum absolute atomic E-state index is 0.0354. The Bertz CT molecular complexity index is 910. The number of amides is 1. The van der Waals surface area contributed by atoms with E-state index in [0.29, 0.717) is 28.8 Å². The topological polar surface area (TPSA) is 57.8 Å². The van der Waals surface area contributed by atoms with Crippen molar-refractivity contribution in [2.24, 2.45) is 0 Å². The van der Waals surface area contributed by atoms with E-state index in [1.807, 2.05) is 31.2 Å². The Balaban J connectivity index is 1.47. The second kappa shape index (κ2) is 8.13. The van der Waals surface area contributed by atoms with Crippen LogP contribution in [0.1, 0.15) is 11.1 Å². The lowest BCUT2D eigenvalue weighted by Crippen LogP contribution is -2.27. The molecule has 25 heavy (non-hydrogen) atoms. The fourth-order valence-corrected chi connectivity index (χ4v) is 3.63. The van der Waals surface area contributed by atoms with E-state index in [9.17, 15) is 4.79 Å². The summed E-state index contributed by atoms with van der Waals surface area (Å²) in [6.45, 7) is 2.56. The smallest absolute Gasteiger partial charge is 0.230 e. The summed E-state index contributed by atoms with van der Waals surface area (Å²) in [5.41, 5.74) is 4.03. The molecule has 2 N–H and O–H groups in total. The van der Waals surface area contributed by atoms with E-state index < -0.39 is 0 Å². The zero-order chi connectivity index (χ0) is 17.8. The predicted octanol–water partition coefficient (Wildman–Crippen LogP) is 4.63. The van der Waals surface area contributed by atoms with Crippen molar-refractivity contribution in [2.75, 3.05) is 12.3 Å². The molecule has 0 saturated carbocycles. The van der Waals surface area contributed by atoms with Gasteiger partial charge in [-0.1, -0.05) is 47.1 Å². The minimum Gasteiger partial charge on any atom is -0.355 e. The number of benzene rings is 2. The van der Waals surface area contributed by atoms with E-state index in [1.54, 1.807) is 12.1 Å². The highest BCUT2D eigenvalue weighted by Gasteiger charge is 2.08. The van der Waals surface area contributed by atoms with Crippen molar-refractivity contribution >= 4 is 51.9 Å². The molecule has 0 aliphatic carbocycles. The summed E-state index contributed by atoms with van der Waals surface area (Å²) >= 11 is 13.4. The number of carbonyl (C=O) groups is 1. The van der Waals surface area contributed by atoms with E-state index in [4.69, 9.17) is 23.2 Å². The molecule has 0 radical (unpaired) electrons. The average molecular weight is 394 g/mol. The van der Waals surface area contributed by atoms with E-state index in [0.717, 1.165) is 21.8 Å². The molecular weight excluding hydrogens is 377 g/mol. The number of thioether (sulfide) groups is 1. The van der Waals surface area contributed by atoms with Crippen LogP contribution >= 0.6 is 35.0 Å². The van der Waals surface area contributed by atoms with Gasteiger partial charge in [-0.15, -0.1) is 0 Å². The molecule has 0 fully saturated rings. The standard InChI is InChI=1S/C18H17Cl2N3OS/c1-11-2-5-15-16(8-11)23-18(22-15)25-10-17(24)21-7-6-12-3-4-13(19)9-14(12)20/h2-5,8-9H,6-7,10H2,1H3,(H,21,24)(H,22,23). The summed E-state index contributed by atoms with van der Waals surface area (Å²) in [5.74, 6) is 0.277. The number of hydrogen-bond acceptors (Lipinski definition) is 3. The molecule has 3 rings (SSSR count). The largest absolute Gasteiger partial charge is 0.355 e. The Kier molecular flexibility index (Phi) is 5.89. The maximum Gasteiger partial charge on any atom is 0.230 e. The third-order valence-corrected chi connectivity index (χ3v) is 5.15. The first kappa shape index (κ1) is 18.1. The van der Waals surface area contributed by atoms with Crippen LogP contribution < -0.4 is 5.32 Å². The van der Waals surface area contributed by atoms with Gasteiger partial charge in [0.25, 0.3) is 0 Å². The molecule has 4 nitrogen and oxygen atoms in total. The van der Waals surface area contributed by atoms with Crippen molar-refractivity contribution in [3.05, 3.63) is 57.6 Å². The number of H-pyrrole nitrogens is 1. The van der Waals surface area contributed by atoms with Crippen molar-refractivity contribution in [3.63, 3.8) is 0 Å². The lowest BCUT2D eigenvalue weighted by molar-refractivity contribution is -0.118. The van der Waals surface area contributed by atoms with Crippen LogP contribution in [0.2, 0.25) is 10.0 Å². The number of imidazole rings is 1. The van der Waals surface area contributed by atoms with Gasteiger partial charge in [-0.2, -0.15) is 0 Å². The maximum absolute atomic E-state index is 12.0. The van der Waals surface area contributed by atoms with Gasteiger partial charge in [0.05, 0.1) is 16.8 Å². The molecule has 0 atom stereocenters. The minimum atomic E-state index is -0.0354. The fourth-order valence-electron chi connectivity index (χ4n) is 2.41. The van der Waals surface area contributed by atoms with Crippen molar-refractivity contribution < 1.29 is 4.79 Å². The summed E-state index contributed by atoms with van der Waals surface area (Å²) in [5, 5.41) is 4.87. The molecular formula is C18H17Cl2N3OS. The van der Waals surface area contributed by atoms with Gasteiger partial charge in [0.1, 0.15) is 0 Å². The Hall–Kier alpha value is -1.69. The monoisotopic (exact) mass is 393 g/mol. The number of halogens is 2. The Morgan fingerprint density at radius 1 is 1.24 bits per heavy atom. The first-order valence-corrected chi connectivity index (χ1v) is 9.55. The van der Waals surface area contributed by atoms with Gasteiger partial charge in [0, 0.05) is 16.6 Å². The van der Waals surface area contributed by atoms with Crippen molar-refractivity contribution in [2.45, 2.75) is 18.5 Å². The van der Waals surface area contributed by atoms with Crippen LogP contribution in [0, 0.1) is 6.92 Å². The summed E-state index contributed by atoms with van der Waals surface area (Å²) in [6, 6.07) is 11.4. The summed E-state index contributed by atoms with van der Waals surface area (Å²) in [4.78, 5) is 19.7. The summed E-state index contributed by atoms with van der Waals surface area (Å²) in [6.07, 6.45) is 0.663. The molecule has 7 heteroatoms. The number of fused-ring (bicyclic) bond motifs is 1. The molecule has 0 saturated heterocycles. The fraction of sp³-hybridized carbons (Fsp3) is 0.222. The highest BCUT2D eigenvalue weighted by Crippen LogP contribution is 2.22. The van der Waals surface area contributed by atoms with Gasteiger partial charge < -0.3 is 10.3 Å².